The predicted molar refractivity (Wildman–Crippen MR) is 99.7 cm³/mol. The van der Waals surface area contributed by atoms with Crippen LogP contribution >= 0.6 is 0 Å². The van der Waals surface area contributed by atoms with Gasteiger partial charge in [-0.05, 0) is 35.4 Å². The van der Waals surface area contributed by atoms with Crippen molar-refractivity contribution in [3.63, 3.8) is 0 Å². The highest BCUT2D eigenvalue weighted by atomic mass is 16.5. The fraction of sp³-hybridized carbons (Fsp3) is 0.429. The molecule has 0 saturated carbocycles. The van der Waals surface area contributed by atoms with Crippen LogP contribution in [0.4, 0.5) is 0 Å². The Kier molecular flexibility index (Phi) is 4.91. The van der Waals surface area contributed by atoms with Gasteiger partial charge in [0, 0.05) is 18.4 Å². The number of likely N-dealkylation sites (N-methyl/N-ethyl adjacent to an activating group) is 1. The molecule has 0 aliphatic carbocycles. The Morgan fingerprint density at radius 1 is 0.920 bits per heavy atom. The second kappa shape index (κ2) is 6.96. The molecule has 0 aromatic heterocycles. The summed E-state index contributed by atoms with van der Waals surface area (Å²) >= 11 is 0. The Morgan fingerprint density at radius 2 is 1.56 bits per heavy atom. The van der Waals surface area contributed by atoms with Crippen LogP contribution in [0.15, 0.2) is 36.4 Å². The van der Waals surface area contributed by atoms with Crippen LogP contribution < -0.4 is 14.2 Å². The minimum Gasteiger partial charge on any atom is -0.497 e. The maximum atomic E-state index is 5.55. The number of rotatable bonds is 5. The summed E-state index contributed by atoms with van der Waals surface area (Å²) in [6.45, 7) is 1.11. The van der Waals surface area contributed by atoms with Gasteiger partial charge in [0.25, 0.3) is 0 Å². The number of fused-ring (bicyclic) bond motifs is 1. The van der Waals surface area contributed by atoms with E-state index in [1.807, 2.05) is 12.1 Å². The Hall–Kier alpha value is -2.20. The Bertz CT molecular complexity index is 738. The molecule has 0 bridgehead atoms. The summed E-state index contributed by atoms with van der Waals surface area (Å²) in [7, 11) is 9.72. The van der Waals surface area contributed by atoms with Gasteiger partial charge in [-0.25, -0.2) is 0 Å². The highest BCUT2D eigenvalue weighted by Gasteiger charge is 2.36. The van der Waals surface area contributed by atoms with Crippen molar-refractivity contribution in [1.82, 2.24) is 0 Å². The van der Waals surface area contributed by atoms with Gasteiger partial charge in [0.15, 0.2) is 11.5 Å². The number of nitrogens with zero attached hydrogens (tertiary/aromatic N) is 1. The first-order chi connectivity index (χ1) is 12.0. The molecule has 3 rings (SSSR count). The van der Waals surface area contributed by atoms with Crippen LogP contribution in [0, 0.1) is 0 Å². The standard InChI is InChI=1S/C21H28NO3/c1-22(2)11-10-16-13-20(24-4)21(25-5)14-18(16)19(22)12-15-6-8-17(23-3)9-7-15/h6-9,13-14,19H,10-12H2,1-5H3/q+1/t19-/m0/s1. The van der Waals surface area contributed by atoms with E-state index >= 15 is 0 Å². The van der Waals surface area contributed by atoms with Gasteiger partial charge in [0.05, 0.1) is 42.0 Å². The molecule has 2 aromatic rings. The number of hydrogen-bond acceptors (Lipinski definition) is 3. The van der Waals surface area contributed by atoms with Gasteiger partial charge >= 0.3 is 0 Å². The van der Waals surface area contributed by atoms with E-state index in [1.165, 1.54) is 16.7 Å². The van der Waals surface area contributed by atoms with Crippen molar-refractivity contribution in [3.05, 3.63) is 53.1 Å². The van der Waals surface area contributed by atoms with Crippen molar-refractivity contribution in [2.45, 2.75) is 18.9 Å². The number of methoxy groups -OCH3 is 3. The number of ether oxygens (including phenoxy) is 3. The zero-order chi connectivity index (χ0) is 18.0. The average molecular weight is 342 g/mol. The SMILES string of the molecule is COc1ccc(C[C@H]2c3cc(OC)c(OC)cc3CC[N+]2(C)C)cc1. The summed E-state index contributed by atoms with van der Waals surface area (Å²) in [6.07, 6.45) is 2.04. The molecule has 0 saturated heterocycles. The molecule has 0 fully saturated rings. The van der Waals surface area contributed by atoms with Crippen molar-refractivity contribution in [2.24, 2.45) is 0 Å². The Labute approximate surface area is 150 Å². The maximum absolute atomic E-state index is 5.55. The van der Waals surface area contributed by atoms with Gasteiger partial charge in [0.2, 0.25) is 0 Å². The first-order valence-electron chi connectivity index (χ1n) is 8.69. The van der Waals surface area contributed by atoms with Crippen LogP contribution in [-0.2, 0) is 12.8 Å². The van der Waals surface area contributed by atoms with Crippen LogP contribution in [0.2, 0.25) is 0 Å². The van der Waals surface area contributed by atoms with Gasteiger partial charge in [-0.3, -0.25) is 0 Å². The predicted octanol–water partition coefficient (Wildman–Crippen LogP) is 3.63. The molecular formula is C21H28NO3+. The molecule has 0 N–H and O–H groups in total. The van der Waals surface area contributed by atoms with E-state index in [0.29, 0.717) is 6.04 Å². The third kappa shape index (κ3) is 3.45. The molecule has 1 heterocycles. The molecule has 0 radical (unpaired) electrons. The smallest absolute Gasteiger partial charge is 0.161 e. The molecule has 0 spiro atoms. The summed E-state index contributed by atoms with van der Waals surface area (Å²) in [5.74, 6) is 2.52. The van der Waals surface area contributed by atoms with Crippen molar-refractivity contribution < 1.29 is 18.7 Å². The second-order valence-electron chi connectivity index (χ2n) is 7.23. The third-order valence-electron chi connectivity index (χ3n) is 5.39. The lowest BCUT2D eigenvalue weighted by atomic mass is 9.87. The second-order valence-corrected chi connectivity index (χ2v) is 7.23. The largest absolute Gasteiger partial charge is 0.497 e. The summed E-state index contributed by atoms with van der Waals surface area (Å²) in [6, 6.07) is 13.1. The van der Waals surface area contributed by atoms with Crippen LogP contribution in [0.25, 0.3) is 0 Å². The van der Waals surface area contributed by atoms with E-state index < -0.39 is 0 Å². The summed E-state index contributed by atoms with van der Waals surface area (Å²) in [4.78, 5) is 0. The normalized spacial score (nSPS) is 18.4. The maximum Gasteiger partial charge on any atom is 0.161 e. The van der Waals surface area contributed by atoms with E-state index in [-0.39, 0.29) is 0 Å². The van der Waals surface area contributed by atoms with Crippen LogP contribution in [0.3, 0.4) is 0 Å². The third-order valence-corrected chi connectivity index (χ3v) is 5.39. The van der Waals surface area contributed by atoms with E-state index in [0.717, 1.165) is 41.1 Å². The fourth-order valence-electron chi connectivity index (χ4n) is 3.75. The molecule has 1 atom stereocenters. The number of benzene rings is 2. The highest BCUT2D eigenvalue weighted by Crippen LogP contribution is 2.41. The Balaban J connectivity index is 1.99. The van der Waals surface area contributed by atoms with E-state index in [1.54, 1.807) is 21.3 Å². The van der Waals surface area contributed by atoms with Gasteiger partial charge in [0.1, 0.15) is 11.8 Å². The molecule has 25 heavy (non-hydrogen) atoms. The molecule has 4 heteroatoms. The average Bonchev–Trinajstić information content (AvgIpc) is 2.63. The molecule has 4 nitrogen and oxygen atoms in total. The van der Waals surface area contributed by atoms with Crippen molar-refractivity contribution in [3.8, 4) is 17.2 Å². The minimum absolute atomic E-state index is 0.386. The van der Waals surface area contributed by atoms with E-state index in [9.17, 15) is 0 Å². The summed E-state index contributed by atoms with van der Waals surface area (Å²) < 4.78 is 17.3. The molecule has 0 unspecified atom stereocenters. The van der Waals surface area contributed by atoms with Crippen LogP contribution in [0.1, 0.15) is 22.7 Å². The number of quaternary nitrogens is 1. The Morgan fingerprint density at radius 3 is 2.16 bits per heavy atom. The monoisotopic (exact) mass is 342 g/mol. The van der Waals surface area contributed by atoms with Gasteiger partial charge < -0.3 is 18.7 Å². The zero-order valence-corrected chi connectivity index (χ0v) is 15.8. The molecule has 134 valence electrons. The van der Waals surface area contributed by atoms with Crippen molar-refractivity contribution in [1.29, 1.82) is 0 Å². The first kappa shape index (κ1) is 17.6. The van der Waals surface area contributed by atoms with Crippen LogP contribution in [-0.4, -0.2) is 46.5 Å². The molecular weight excluding hydrogens is 314 g/mol. The minimum atomic E-state index is 0.386. The van der Waals surface area contributed by atoms with Crippen molar-refractivity contribution in [2.75, 3.05) is 42.0 Å². The van der Waals surface area contributed by atoms with Crippen LogP contribution in [0.5, 0.6) is 17.2 Å². The van der Waals surface area contributed by atoms with E-state index in [2.05, 4.69) is 38.4 Å². The summed E-state index contributed by atoms with van der Waals surface area (Å²) in [5, 5.41) is 0. The first-order valence-corrected chi connectivity index (χ1v) is 8.69. The topological polar surface area (TPSA) is 27.7 Å². The van der Waals surface area contributed by atoms with Crippen molar-refractivity contribution >= 4 is 0 Å². The molecule has 1 aliphatic rings. The fourth-order valence-corrected chi connectivity index (χ4v) is 3.75. The quantitative estimate of drug-likeness (QED) is 0.777. The number of hydrogen-bond donors (Lipinski definition) is 0. The molecule has 1 aliphatic heterocycles. The summed E-state index contributed by atoms with van der Waals surface area (Å²) in [5.41, 5.74) is 4.05. The lowest BCUT2D eigenvalue weighted by molar-refractivity contribution is -0.923. The molecule has 2 aromatic carbocycles. The molecule has 0 amide bonds. The van der Waals surface area contributed by atoms with Gasteiger partial charge in [-0.15, -0.1) is 0 Å². The highest BCUT2D eigenvalue weighted by molar-refractivity contribution is 5.49. The zero-order valence-electron chi connectivity index (χ0n) is 15.8. The lowest BCUT2D eigenvalue weighted by Gasteiger charge is -2.43. The van der Waals surface area contributed by atoms with Gasteiger partial charge in [-0.2, -0.15) is 0 Å². The van der Waals surface area contributed by atoms with Gasteiger partial charge in [-0.1, -0.05) is 12.1 Å². The lowest BCUT2D eigenvalue weighted by Crippen LogP contribution is -2.48. The van der Waals surface area contributed by atoms with E-state index in [4.69, 9.17) is 14.2 Å².